The standard InChI is InChI=1S/C12H15NO5/c1-8(13)7-10(14)17-18-12(16)11(15)9-5-3-2-4-6-9/h2-6,8,11,15H,7,13H2,1H3/t8-,11?/m1/s1. The maximum absolute atomic E-state index is 11.4. The normalized spacial score (nSPS) is 13.5. The maximum atomic E-state index is 11.4. The van der Waals surface area contributed by atoms with Crippen molar-refractivity contribution >= 4 is 11.9 Å². The number of benzene rings is 1. The van der Waals surface area contributed by atoms with Gasteiger partial charge in [-0.2, -0.15) is 0 Å². The summed E-state index contributed by atoms with van der Waals surface area (Å²) in [5, 5.41) is 9.59. The first kappa shape index (κ1) is 14.1. The first-order valence-electron chi connectivity index (χ1n) is 5.40. The monoisotopic (exact) mass is 253 g/mol. The van der Waals surface area contributed by atoms with E-state index in [1.807, 2.05) is 0 Å². The molecule has 0 amide bonds. The number of carbonyl (C=O) groups excluding carboxylic acids is 2. The van der Waals surface area contributed by atoms with Crippen molar-refractivity contribution in [3.63, 3.8) is 0 Å². The van der Waals surface area contributed by atoms with Crippen molar-refractivity contribution in [3.8, 4) is 0 Å². The highest BCUT2D eigenvalue weighted by atomic mass is 17.2. The van der Waals surface area contributed by atoms with Crippen molar-refractivity contribution in [1.82, 2.24) is 0 Å². The summed E-state index contributed by atoms with van der Waals surface area (Å²) in [4.78, 5) is 30.9. The van der Waals surface area contributed by atoms with Crippen LogP contribution in [0.25, 0.3) is 0 Å². The molecule has 0 radical (unpaired) electrons. The zero-order chi connectivity index (χ0) is 13.5. The van der Waals surface area contributed by atoms with Crippen LogP contribution in [0.5, 0.6) is 0 Å². The van der Waals surface area contributed by atoms with Crippen LogP contribution in [0.3, 0.4) is 0 Å². The summed E-state index contributed by atoms with van der Waals surface area (Å²) in [7, 11) is 0. The van der Waals surface area contributed by atoms with Crippen LogP contribution in [0.1, 0.15) is 25.0 Å². The van der Waals surface area contributed by atoms with E-state index in [-0.39, 0.29) is 6.42 Å². The quantitative estimate of drug-likeness (QED) is 0.597. The third kappa shape index (κ3) is 4.52. The minimum Gasteiger partial charge on any atom is -0.377 e. The number of rotatable bonds is 4. The van der Waals surface area contributed by atoms with E-state index in [4.69, 9.17) is 5.73 Å². The zero-order valence-electron chi connectivity index (χ0n) is 9.91. The van der Waals surface area contributed by atoms with Crippen LogP contribution >= 0.6 is 0 Å². The van der Waals surface area contributed by atoms with Gasteiger partial charge in [0.25, 0.3) is 0 Å². The molecule has 6 nitrogen and oxygen atoms in total. The highest BCUT2D eigenvalue weighted by Crippen LogP contribution is 2.13. The third-order valence-electron chi connectivity index (χ3n) is 2.04. The van der Waals surface area contributed by atoms with Crippen LogP contribution in [0.4, 0.5) is 0 Å². The molecule has 0 saturated heterocycles. The Kier molecular flexibility index (Phi) is 5.29. The van der Waals surface area contributed by atoms with Crippen LogP contribution in [-0.2, 0) is 19.4 Å². The summed E-state index contributed by atoms with van der Waals surface area (Å²) in [6.07, 6.45) is -1.57. The van der Waals surface area contributed by atoms with E-state index in [1.165, 1.54) is 0 Å². The molecular formula is C12H15NO5. The number of hydrogen-bond acceptors (Lipinski definition) is 6. The molecule has 0 bridgehead atoms. The highest BCUT2D eigenvalue weighted by molar-refractivity contribution is 5.77. The molecule has 1 aromatic carbocycles. The van der Waals surface area contributed by atoms with E-state index in [2.05, 4.69) is 9.78 Å². The predicted molar refractivity (Wildman–Crippen MR) is 61.9 cm³/mol. The highest BCUT2D eigenvalue weighted by Gasteiger charge is 2.21. The van der Waals surface area contributed by atoms with E-state index in [0.29, 0.717) is 5.56 Å². The lowest BCUT2D eigenvalue weighted by molar-refractivity contribution is -0.265. The van der Waals surface area contributed by atoms with Gasteiger partial charge in [0.1, 0.15) is 0 Å². The summed E-state index contributed by atoms with van der Waals surface area (Å²) < 4.78 is 0. The summed E-state index contributed by atoms with van der Waals surface area (Å²) in [6, 6.07) is 7.77. The van der Waals surface area contributed by atoms with Gasteiger partial charge in [-0.05, 0) is 12.5 Å². The molecule has 2 atom stereocenters. The van der Waals surface area contributed by atoms with Gasteiger partial charge in [-0.1, -0.05) is 30.3 Å². The lowest BCUT2D eigenvalue weighted by Gasteiger charge is -2.09. The average molecular weight is 253 g/mol. The van der Waals surface area contributed by atoms with Gasteiger partial charge >= 0.3 is 11.9 Å². The van der Waals surface area contributed by atoms with Gasteiger partial charge in [0, 0.05) is 6.04 Å². The molecule has 0 aliphatic carbocycles. The van der Waals surface area contributed by atoms with Crippen LogP contribution in [0, 0.1) is 0 Å². The predicted octanol–water partition coefficient (Wildman–Crippen LogP) is 0.459. The first-order chi connectivity index (χ1) is 8.50. The summed E-state index contributed by atoms with van der Waals surface area (Å²) in [5.74, 6) is -1.82. The molecule has 0 saturated carbocycles. The Labute approximate surface area is 104 Å². The van der Waals surface area contributed by atoms with Gasteiger partial charge in [0.15, 0.2) is 6.10 Å². The molecule has 18 heavy (non-hydrogen) atoms. The Morgan fingerprint density at radius 2 is 1.89 bits per heavy atom. The van der Waals surface area contributed by atoms with E-state index >= 15 is 0 Å². The summed E-state index contributed by atoms with van der Waals surface area (Å²) in [5.41, 5.74) is 5.71. The Hall–Kier alpha value is -1.92. The molecule has 0 fully saturated rings. The number of hydrogen-bond donors (Lipinski definition) is 2. The molecule has 0 aliphatic rings. The average Bonchev–Trinajstić information content (AvgIpc) is 2.35. The number of aliphatic hydroxyl groups is 1. The van der Waals surface area contributed by atoms with Crippen LogP contribution in [-0.4, -0.2) is 23.1 Å². The lowest BCUT2D eigenvalue weighted by atomic mass is 10.1. The molecule has 1 unspecified atom stereocenters. The van der Waals surface area contributed by atoms with Crippen molar-refractivity contribution < 1.29 is 24.5 Å². The Bertz CT molecular complexity index is 404. The topological polar surface area (TPSA) is 98.9 Å². The van der Waals surface area contributed by atoms with Gasteiger partial charge < -0.3 is 10.8 Å². The van der Waals surface area contributed by atoms with Gasteiger partial charge in [-0.3, -0.25) is 0 Å². The van der Waals surface area contributed by atoms with E-state index < -0.39 is 24.1 Å². The van der Waals surface area contributed by atoms with Gasteiger partial charge in [-0.25, -0.2) is 19.4 Å². The largest absolute Gasteiger partial charge is 0.388 e. The van der Waals surface area contributed by atoms with Crippen molar-refractivity contribution in [3.05, 3.63) is 35.9 Å². The fourth-order valence-corrected chi connectivity index (χ4v) is 1.20. The van der Waals surface area contributed by atoms with Crippen molar-refractivity contribution in [2.75, 3.05) is 0 Å². The van der Waals surface area contributed by atoms with Crippen molar-refractivity contribution in [1.29, 1.82) is 0 Å². The molecule has 1 rings (SSSR count). The Morgan fingerprint density at radius 3 is 2.44 bits per heavy atom. The van der Waals surface area contributed by atoms with E-state index in [9.17, 15) is 14.7 Å². The molecule has 0 aliphatic heterocycles. The smallest absolute Gasteiger partial charge is 0.377 e. The van der Waals surface area contributed by atoms with Crippen LogP contribution in [0.15, 0.2) is 30.3 Å². The van der Waals surface area contributed by atoms with Gasteiger partial charge in [-0.15, -0.1) is 0 Å². The third-order valence-corrected chi connectivity index (χ3v) is 2.04. The van der Waals surface area contributed by atoms with E-state index in [1.54, 1.807) is 37.3 Å². The fraction of sp³-hybridized carbons (Fsp3) is 0.333. The van der Waals surface area contributed by atoms with Crippen molar-refractivity contribution in [2.24, 2.45) is 5.73 Å². The molecule has 0 spiro atoms. The number of nitrogens with two attached hydrogens (primary N) is 1. The maximum Gasteiger partial charge on any atom is 0.388 e. The van der Waals surface area contributed by atoms with Gasteiger partial charge in [0.2, 0.25) is 0 Å². The molecule has 0 heterocycles. The summed E-state index contributed by atoms with van der Waals surface area (Å²) >= 11 is 0. The second-order valence-electron chi connectivity index (χ2n) is 3.85. The Balaban J connectivity index is 2.44. The SMILES string of the molecule is C[C@@H](N)CC(=O)OOC(=O)C(O)c1ccccc1. The van der Waals surface area contributed by atoms with Gasteiger partial charge in [0.05, 0.1) is 6.42 Å². The molecule has 3 N–H and O–H groups in total. The number of carbonyl (C=O) groups is 2. The van der Waals surface area contributed by atoms with Crippen LogP contribution < -0.4 is 5.73 Å². The minimum atomic E-state index is -1.49. The zero-order valence-corrected chi connectivity index (χ0v) is 9.91. The Morgan fingerprint density at radius 1 is 1.28 bits per heavy atom. The molecule has 0 aromatic heterocycles. The fourth-order valence-electron chi connectivity index (χ4n) is 1.20. The lowest BCUT2D eigenvalue weighted by Crippen LogP contribution is -2.23. The molecule has 6 heteroatoms. The molecule has 98 valence electrons. The van der Waals surface area contributed by atoms with Crippen LogP contribution in [0.2, 0.25) is 0 Å². The first-order valence-corrected chi connectivity index (χ1v) is 5.40. The second kappa shape index (κ2) is 6.73. The van der Waals surface area contributed by atoms with Crippen molar-refractivity contribution in [2.45, 2.75) is 25.5 Å². The molecule has 1 aromatic rings. The summed E-state index contributed by atoms with van der Waals surface area (Å²) in [6.45, 7) is 1.61. The number of aliphatic hydroxyl groups excluding tert-OH is 1. The minimum absolute atomic E-state index is 0.0747. The second-order valence-corrected chi connectivity index (χ2v) is 3.85. The molecular weight excluding hydrogens is 238 g/mol. The van der Waals surface area contributed by atoms with E-state index in [0.717, 1.165) is 0 Å².